The van der Waals surface area contributed by atoms with Gasteiger partial charge >= 0.3 is 11.9 Å². The number of hydrogen-bond donors (Lipinski definition) is 1. The second-order valence-corrected chi connectivity index (χ2v) is 3.04. The van der Waals surface area contributed by atoms with E-state index in [1.165, 1.54) is 13.2 Å². The lowest BCUT2D eigenvalue weighted by molar-refractivity contribution is -0.166. The van der Waals surface area contributed by atoms with E-state index in [-0.39, 0.29) is 5.75 Å². The molecule has 0 aromatic heterocycles. The number of benzene rings is 1. The van der Waals surface area contributed by atoms with Crippen LogP contribution >= 0.6 is 0 Å². The lowest BCUT2D eigenvalue weighted by Crippen LogP contribution is -2.26. The Hall–Kier alpha value is -1.65. The second-order valence-electron chi connectivity index (χ2n) is 3.04. The van der Waals surface area contributed by atoms with Crippen LogP contribution in [0.5, 0.6) is 5.75 Å². The summed E-state index contributed by atoms with van der Waals surface area (Å²) in [5.41, 5.74) is -0.159. The number of methoxy groups -OCH3 is 1. The van der Waals surface area contributed by atoms with Gasteiger partial charge in [-0.3, -0.25) is 0 Å². The average Bonchev–Trinajstić information content (AvgIpc) is 2.17. The molecule has 5 heteroatoms. The number of aliphatic carboxylic acids is 1. The van der Waals surface area contributed by atoms with Crippen molar-refractivity contribution in [2.75, 3.05) is 7.11 Å². The van der Waals surface area contributed by atoms with Crippen molar-refractivity contribution >= 4 is 5.97 Å². The molecule has 3 nitrogen and oxygen atoms in total. The first kappa shape index (κ1) is 11.4. The summed E-state index contributed by atoms with van der Waals surface area (Å²) >= 11 is 0. The van der Waals surface area contributed by atoms with Crippen LogP contribution in [0.25, 0.3) is 0 Å². The predicted octanol–water partition coefficient (Wildman–Crippen LogP) is 2.18. The normalized spacial score (nSPS) is 11.2. The Balaban J connectivity index is 3.37. The van der Waals surface area contributed by atoms with Crippen LogP contribution in [0.15, 0.2) is 18.2 Å². The fourth-order valence-electron chi connectivity index (χ4n) is 1.29. The number of carboxylic acid groups (broad SMARTS) is 1. The first-order chi connectivity index (χ1) is 6.91. The highest BCUT2D eigenvalue weighted by atomic mass is 19.3. The molecule has 0 fully saturated rings. The Morgan fingerprint density at radius 2 is 2.07 bits per heavy atom. The van der Waals surface area contributed by atoms with Gasteiger partial charge in [0.05, 0.1) is 12.7 Å². The molecule has 0 aliphatic heterocycles. The summed E-state index contributed by atoms with van der Waals surface area (Å²) in [5.74, 6) is -6.21. The highest BCUT2D eigenvalue weighted by Crippen LogP contribution is 2.36. The molecule has 15 heavy (non-hydrogen) atoms. The smallest absolute Gasteiger partial charge is 0.379 e. The molecule has 0 atom stereocenters. The van der Waals surface area contributed by atoms with E-state index in [4.69, 9.17) is 9.84 Å². The SMILES string of the molecule is COc1c(C)cccc1C(F)(F)C(=O)O. The predicted molar refractivity (Wildman–Crippen MR) is 49.3 cm³/mol. The van der Waals surface area contributed by atoms with Crippen LogP contribution in [-0.4, -0.2) is 18.2 Å². The molecule has 0 saturated carbocycles. The van der Waals surface area contributed by atoms with Gasteiger partial charge in [-0.2, -0.15) is 8.78 Å². The number of carbonyl (C=O) groups is 1. The van der Waals surface area contributed by atoms with Gasteiger partial charge in [-0.25, -0.2) is 4.79 Å². The molecule has 0 heterocycles. The van der Waals surface area contributed by atoms with E-state index in [2.05, 4.69) is 0 Å². The zero-order valence-corrected chi connectivity index (χ0v) is 8.25. The monoisotopic (exact) mass is 216 g/mol. The van der Waals surface area contributed by atoms with E-state index in [0.29, 0.717) is 5.56 Å². The molecule has 0 bridgehead atoms. The summed E-state index contributed by atoms with van der Waals surface area (Å²) in [6, 6.07) is 3.98. The minimum atomic E-state index is -3.93. The van der Waals surface area contributed by atoms with Crippen LogP contribution in [0.2, 0.25) is 0 Å². The first-order valence-corrected chi connectivity index (χ1v) is 4.16. The van der Waals surface area contributed by atoms with Crippen LogP contribution in [-0.2, 0) is 10.7 Å². The standard InChI is InChI=1S/C10H10F2O3/c1-6-4-3-5-7(8(6)15-2)10(11,12)9(13)14/h3-5H,1-2H3,(H,13,14). The molecule has 0 saturated heterocycles. The summed E-state index contributed by atoms with van der Waals surface area (Å²) in [4.78, 5) is 10.4. The third-order valence-electron chi connectivity index (χ3n) is 2.02. The number of para-hydroxylation sites is 1. The van der Waals surface area contributed by atoms with Crippen LogP contribution in [0, 0.1) is 6.92 Å². The van der Waals surface area contributed by atoms with E-state index >= 15 is 0 Å². The molecule has 1 aromatic rings. The molecular formula is C10H10F2O3. The van der Waals surface area contributed by atoms with E-state index in [9.17, 15) is 13.6 Å². The number of halogens is 2. The van der Waals surface area contributed by atoms with Crippen molar-refractivity contribution in [3.8, 4) is 5.75 Å². The van der Waals surface area contributed by atoms with Crippen molar-refractivity contribution in [2.24, 2.45) is 0 Å². The maximum absolute atomic E-state index is 13.2. The molecule has 1 rings (SSSR count). The van der Waals surface area contributed by atoms with Crippen LogP contribution in [0.3, 0.4) is 0 Å². The second kappa shape index (κ2) is 3.84. The maximum Gasteiger partial charge on any atom is 0.379 e. The minimum absolute atomic E-state index is 0.0927. The molecule has 1 N–H and O–H groups in total. The number of aryl methyl sites for hydroxylation is 1. The minimum Gasteiger partial charge on any atom is -0.496 e. The average molecular weight is 216 g/mol. The van der Waals surface area contributed by atoms with Gasteiger partial charge in [-0.05, 0) is 18.6 Å². The van der Waals surface area contributed by atoms with Gasteiger partial charge in [0.15, 0.2) is 0 Å². The van der Waals surface area contributed by atoms with Crippen LogP contribution in [0.4, 0.5) is 8.78 Å². The zero-order valence-electron chi connectivity index (χ0n) is 8.25. The number of ether oxygens (including phenoxy) is 1. The quantitative estimate of drug-likeness (QED) is 0.842. The van der Waals surface area contributed by atoms with Crippen LogP contribution in [0.1, 0.15) is 11.1 Å². The van der Waals surface area contributed by atoms with Crippen molar-refractivity contribution in [3.63, 3.8) is 0 Å². The summed E-state index contributed by atoms with van der Waals surface area (Å²) in [7, 11) is 1.23. The number of alkyl halides is 2. The lowest BCUT2D eigenvalue weighted by Gasteiger charge is -2.16. The fourth-order valence-corrected chi connectivity index (χ4v) is 1.29. The van der Waals surface area contributed by atoms with Crippen molar-refractivity contribution in [2.45, 2.75) is 12.8 Å². The molecule has 0 radical (unpaired) electrons. The van der Waals surface area contributed by atoms with Crippen LogP contribution < -0.4 is 4.74 Å². The number of rotatable bonds is 3. The molecule has 0 aliphatic carbocycles. The van der Waals surface area contributed by atoms with Gasteiger partial charge in [0, 0.05) is 0 Å². The highest BCUT2D eigenvalue weighted by Gasteiger charge is 2.43. The fraction of sp³-hybridized carbons (Fsp3) is 0.300. The maximum atomic E-state index is 13.2. The molecule has 0 aliphatic rings. The molecule has 0 spiro atoms. The first-order valence-electron chi connectivity index (χ1n) is 4.16. The Labute approximate surface area is 85.3 Å². The van der Waals surface area contributed by atoms with Gasteiger partial charge in [-0.15, -0.1) is 0 Å². The van der Waals surface area contributed by atoms with Crippen molar-refractivity contribution in [1.29, 1.82) is 0 Å². The third-order valence-corrected chi connectivity index (χ3v) is 2.02. The molecule has 0 unspecified atom stereocenters. The molecule has 82 valence electrons. The van der Waals surface area contributed by atoms with E-state index in [1.54, 1.807) is 13.0 Å². The highest BCUT2D eigenvalue weighted by molar-refractivity contribution is 5.78. The lowest BCUT2D eigenvalue weighted by atomic mass is 10.0. The van der Waals surface area contributed by atoms with E-state index < -0.39 is 17.5 Å². The summed E-state index contributed by atoms with van der Waals surface area (Å²) in [5, 5.41) is 8.40. The van der Waals surface area contributed by atoms with Gasteiger partial charge in [-0.1, -0.05) is 12.1 Å². The van der Waals surface area contributed by atoms with Gasteiger partial charge in [0.2, 0.25) is 0 Å². The summed E-state index contributed by atoms with van der Waals surface area (Å²) < 4.78 is 31.2. The van der Waals surface area contributed by atoms with Gasteiger partial charge in [0.1, 0.15) is 5.75 Å². The van der Waals surface area contributed by atoms with Gasteiger partial charge in [0.25, 0.3) is 0 Å². The molecule has 1 aromatic carbocycles. The Morgan fingerprint density at radius 3 is 2.53 bits per heavy atom. The molecule has 0 amide bonds. The van der Waals surface area contributed by atoms with Crippen molar-refractivity contribution in [3.05, 3.63) is 29.3 Å². The largest absolute Gasteiger partial charge is 0.496 e. The summed E-state index contributed by atoms with van der Waals surface area (Å²) in [6.07, 6.45) is 0. The summed E-state index contributed by atoms with van der Waals surface area (Å²) in [6.45, 7) is 1.57. The third kappa shape index (κ3) is 1.91. The zero-order chi connectivity index (χ0) is 11.6. The van der Waals surface area contributed by atoms with Gasteiger partial charge < -0.3 is 9.84 Å². The van der Waals surface area contributed by atoms with Crippen molar-refractivity contribution < 1.29 is 23.4 Å². The topological polar surface area (TPSA) is 46.5 Å². The van der Waals surface area contributed by atoms with E-state index in [0.717, 1.165) is 6.07 Å². The Bertz CT molecular complexity index is 388. The van der Waals surface area contributed by atoms with E-state index in [1.807, 2.05) is 0 Å². The number of carboxylic acids is 1. The Morgan fingerprint density at radius 1 is 1.47 bits per heavy atom. The van der Waals surface area contributed by atoms with Crippen molar-refractivity contribution in [1.82, 2.24) is 0 Å². The number of hydrogen-bond acceptors (Lipinski definition) is 2. The Kier molecular flexibility index (Phi) is 2.93. The molecular weight excluding hydrogens is 206 g/mol.